The maximum atomic E-state index is 13.2. The first kappa shape index (κ1) is 22.2. The number of hydrogen-bond acceptors (Lipinski definition) is 6. The van der Waals surface area contributed by atoms with Gasteiger partial charge in [0.2, 0.25) is 0 Å². The lowest BCUT2D eigenvalue weighted by molar-refractivity contribution is 0.102. The Labute approximate surface area is 211 Å². The number of thiophene rings is 1. The van der Waals surface area contributed by atoms with Crippen molar-refractivity contribution in [2.75, 3.05) is 11.9 Å². The van der Waals surface area contributed by atoms with E-state index < -0.39 is 0 Å². The van der Waals surface area contributed by atoms with E-state index in [0.717, 1.165) is 57.4 Å². The number of amides is 1. The maximum Gasteiger partial charge on any atom is 0.277 e. The Bertz CT molecular complexity index is 1500. The van der Waals surface area contributed by atoms with Crippen molar-refractivity contribution in [1.82, 2.24) is 19.7 Å². The highest BCUT2D eigenvalue weighted by molar-refractivity contribution is 7.23. The maximum absolute atomic E-state index is 13.2. The fraction of sp³-hybridized carbons (Fsp3) is 0.222. The molecular weight excluding hydrogens is 474 g/mol. The fourth-order valence-electron chi connectivity index (χ4n) is 4.72. The van der Waals surface area contributed by atoms with Crippen LogP contribution >= 0.6 is 22.7 Å². The second kappa shape index (κ2) is 9.03. The number of benzene rings is 2. The molecule has 6 rings (SSSR count). The zero-order valence-electron chi connectivity index (χ0n) is 19.6. The van der Waals surface area contributed by atoms with Crippen LogP contribution in [0.1, 0.15) is 32.1 Å². The number of rotatable bonds is 5. The molecule has 0 aliphatic carbocycles. The molecule has 176 valence electrons. The molecule has 0 bridgehead atoms. The molecule has 5 aromatic rings. The minimum absolute atomic E-state index is 0.176. The van der Waals surface area contributed by atoms with E-state index in [-0.39, 0.29) is 5.91 Å². The third-order valence-electron chi connectivity index (χ3n) is 6.35. The number of para-hydroxylation sites is 1. The Hall–Kier alpha value is -3.33. The van der Waals surface area contributed by atoms with Crippen molar-refractivity contribution < 1.29 is 4.79 Å². The SMILES string of the molecule is Cc1cn(C)nc1C(=O)Nc1sc2c(c1-c1nc3ccccc3s1)CCN(Cc1ccccc1)C2. The number of carbonyl (C=O) groups is 1. The second-order valence-electron chi connectivity index (χ2n) is 8.93. The van der Waals surface area contributed by atoms with Gasteiger partial charge in [0, 0.05) is 48.9 Å². The molecule has 0 saturated heterocycles. The minimum atomic E-state index is -0.176. The summed E-state index contributed by atoms with van der Waals surface area (Å²) in [7, 11) is 1.83. The monoisotopic (exact) mass is 499 g/mol. The molecule has 0 spiro atoms. The Morgan fingerprint density at radius 1 is 1.09 bits per heavy atom. The van der Waals surface area contributed by atoms with Gasteiger partial charge in [-0.05, 0) is 36.6 Å². The summed E-state index contributed by atoms with van der Waals surface area (Å²) in [5.41, 5.74) is 6.02. The molecule has 0 unspecified atom stereocenters. The molecule has 6 nitrogen and oxygen atoms in total. The summed E-state index contributed by atoms with van der Waals surface area (Å²) >= 11 is 3.36. The van der Waals surface area contributed by atoms with E-state index in [4.69, 9.17) is 4.98 Å². The van der Waals surface area contributed by atoms with Crippen LogP contribution < -0.4 is 5.32 Å². The molecule has 8 heteroatoms. The highest BCUT2D eigenvalue weighted by Gasteiger charge is 2.28. The summed E-state index contributed by atoms with van der Waals surface area (Å²) in [5, 5.41) is 9.40. The Morgan fingerprint density at radius 3 is 2.66 bits per heavy atom. The van der Waals surface area contributed by atoms with E-state index in [0.29, 0.717) is 5.69 Å². The van der Waals surface area contributed by atoms with Crippen molar-refractivity contribution >= 4 is 43.8 Å². The van der Waals surface area contributed by atoms with Crippen LogP contribution in [-0.4, -0.2) is 32.1 Å². The first-order valence-corrected chi connectivity index (χ1v) is 13.3. The van der Waals surface area contributed by atoms with Crippen molar-refractivity contribution in [3.05, 3.63) is 88.1 Å². The number of anilines is 1. The predicted octanol–water partition coefficient (Wildman–Crippen LogP) is 5.88. The van der Waals surface area contributed by atoms with Crippen LogP contribution in [0.3, 0.4) is 0 Å². The molecule has 4 heterocycles. The van der Waals surface area contributed by atoms with Gasteiger partial charge < -0.3 is 5.32 Å². The van der Waals surface area contributed by atoms with Gasteiger partial charge in [-0.25, -0.2) is 4.98 Å². The topological polar surface area (TPSA) is 63.1 Å². The second-order valence-corrected chi connectivity index (χ2v) is 11.1. The van der Waals surface area contributed by atoms with Crippen molar-refractivity contribution in [1.29, 1.82) is 0 Å². The number of nitrogens with zero attached hydrogens (tertiary/aromatic N) is 4. The number of hydrogen-bond donors (Lipinski definition) is 1. The summed E-state index contributed by atoms with van der Waals surface area (Å²) in [6.45, 7) is 4.68. The lowest BCUT2D eigenvalue weighted by Gasteiger charge is -2.27. The van der Waals surface area contributed by atoms with E-state index in [1.54, 1.807) is 27.4 Å². The summed E-state index contributed by atoms with van der Waals surface area (Å²) in [6.07, 6.45) is 2.80. The summed E-state index contributed by atoms with van der Waals surface area (Å²) in [4.78, 5) is 21.9. The molecule has 0 saturated carbocycles. The van der Waals surface area contributed by atoms with Crippen LogP contribution in [0.2, 0.25) is 0 Å². The number of thiazole rings is 1. The molecule has 0 fully saturated rings. The molecule has 2 aromatic carbocycles. The Morgan fingerprint density at radius 2 is 1.89 bits per heavy atom. The van der Waals surface area contributed by atoms with Crippen molar-refractivity contribution in [3.8, 4) is 10.6 Å². The first-order chi connectivity index (χ1) is 17.0. The lowest BCUT2D eigenvalue weighted by atomic mass is 10.0. The zero-order valence-corrected chi connectivity index (χ0v) is 21.2. The molecular formula is C27H25N5OS2. The molecule has 1 aliphatic rings. The van der Waals surface area contributed by atoms with Crippen LogP contribution in [0.4, 0.5) is 5.00 Å². The first-order valence-electron chi connectivity index (χ1n) is 11.6. The van der Waals surface area contributed by atoms with Gasteiger partial charge in [0.15, 0.2) is 5.69 Å². The minimum Gasteiger partial charge on any atom is -0.312 e. The van der Waals surface area contributed by atoms with Crippen LogP contribution in [0.25, 0.3) is 20.8 Å². The summed E-state index contributed by atoms with van der Waals surface area (Å²) < 4.78 is 2.83. The Balaban J connectivity index is 1.38. The van der Waals surface area contributed by atoms with Crippen molar-refractivity contribution in [2.24, 2.45) is 7.05 Å². The quantitative estimate of drug-likeness (QED) is 0.328. The van der Waals surface area contributed by atoms with Gasteiger partial charge in [-0.1, -0.05) is 42.5 Å². The van der Waals surface area contributed by atoms with Gasteiger partial charge in [-0.3, -0.25) is 14.4 Å². The van der Waals surface area contributed by atoms with E-state index in [1.807, 2.05) is 38.4 Å². The fourth-order valence-corrected chi connectivity index (χ4v) is 7.12. The highest BCUT2D eigenvalue weighted by atomic mass is 32.1. The molecule has 35 heavy (non-hydrogen) atoms. The number of fused-ring (bicyclic) bond motifs is 2. The van der Waals surface area contributed by atoms with Crippen LogP contribution in [0.5, 0.6) is 0 Å². The van der Waals surface area contributed by atoms with Crippen LogP contribution in [-0.2, 0) is 26.6 Å². The largest absolute Gasteiger partial charge is 0.312 e. The van der Waals surface area contributed by atoms with E-state index in [2.05, 4.69) is 51.7 Å². The molecule has 1 N–H and O–H groups in total. The van der Waals surface area contributed by atoms with Crippen molar-refractivity contribution in [2.45, 2.75) is 26.4 Å². The van der Waals surface area contributed by atoms with Gasteiger partial charge in [0.1, 0.15) is 10.0 Å². The van der Waals surface area contributed by atoms with E-state index in [9.17, 15) is 4.79 Å². The Kier molecular flexibility index (Phi) is 5.72. The summed E-state index contributed by atoms with van der Waals surface area (Å²) in [6, 6.07) is 18.8. The number of aromatic nitrogens is 3. The van der Waals surface area contributed by atoms with E-state index >= 15 is 0 Å². The third kappa shape index (κ3) is 4.29. The highest BCUT2D eigenvalue weighted by Crippen LogP contribution is 2.46. The van der Waals surface area contributed by atoms with Crippen molar-refractivity contribution in [3.63, 3.8) is 0 Å². The van der Waals surface area contributed by atoms with Gasteiger partial charge in [-0.2, -0.15) is 5.10 Å². The van der Waals surface area contributed by atoms with Gasteiger partial charge >= 0.3 is 0 Å². The third-order valence-corrected chi connectivity index (χ3v) is 8.53. The predicted molar refractivity (Wildman–Crippen MR) is 143 cm³/mol. The number of nitrogens with one attached hydrogen (secondary N) is 1. The van der Waals surface area contributed by atoms with Crippen LogP contribution in [0.15, 0.2) is 60.8 Å². The zero-order chi connectivity index (χ0) is 23.9. The average Bonchev–Trinajstić information content (AvgIpc) is 3.53. The molecule has 1 aliphatic heterocycles. The van der Waals surface area contributed by atoms with E-state index in [1.165, 1.54) is 16.0 Å². The number of aryl methyl sites for hydroxylation is 2. The number of carbonyl (C=O) groups excluding carboxylic acids is 1. The molecule has 0 radical (unpaired) electrons. The average molecular weight is 500 g/mol. The van der Waals surface area contributed by atoms with Gasteiger partial charge in [-0.15, -0.1) is 22.7 Å². The molecule has 0 atom stereocenters. The standard InChI is InChI=1S/C27H25N5OS2/c1-17-14-31(2)30-24(17)25(33)29-27-23(26-28-20-10-6-7-11-21(20)34-26)19-12-13-32(16-22(19)35-27)15-18-8-4-3-5-9-18/h3-11,14H,12-13,15-16H2,1-2H3,(H,29,33). The lowest BCUT2D eigenvalue weighted by Crippen LogP contribution is -2.29. The van der Waals surface area contributed by atoms with Gasteiger partial charge in [0.25, 0.3) is 5.91 Å². The van der Waals surface area contributed by atoms with Crippen LogP contribution in [0, 0.1) is 6.92 Å². The molecule has 3 aromatic heterocycles. The smallest absolute Gasteiger partial charge is 0.277 e. The van der Waals surface area contributed by atoms with Gasteiger partial charge in [0.05, 0.1) is 10.2 Å². The molecule has 1 amide bonds. The normalized spacial score (nSPS) is 13.8. The summed E-state index contributed by atoms with van der Waals surface area (Å²) in [5.74, 6) is -0.176.